The van der Waals surface area contributed by atoms with Gasteiger partial charge in [0.2, 0.25) is 5.91 Å². The minimum absolute atomic E-state index is 0.0531. The molecule has 3 rings (SSSR count). The Kier molecular flexibility index (Phi) is 6.45. The van der Waals surface area contributed by atoms with Crippen molar-refractivity contribution < 1.29 is 9.18 Å². The molecule has 144 valence electrons. The summed E-state index contributed by atoms with van der Waals surface area (Å²) in [6.45, 7) is 8.98. The Morgan fingerprint density at radius 1 is 1.04 bits per heavy atom. The van der Waals surface area contributed by atoms with Gasteiger partial charge < -0.3 is 10.2 Å². The molecule has 2 aromatic carbocycles. The lowest BCUT2D eigenvalue weighted by atomic mass is 10.1. The lowest BCUT2D eigenvalue weighted by Crippen LogP contribution is -2.49. The van der Waals surface area contributed by atoms with Gasteiger partial charge in [0.1, 0.15) is 5.82 Å². The van der Waals surface area contributed by atoms with Crippen LogP contribution in [0.15, 0.2) is 42.5 Å². The monoisotopic (exact) mass is 369 g/mol. The standard InChI is InChI=1S/C22H28FN3O/c1-17-4-3-5-21(18(17)2)26-14-12-25(13-15-26)16-22(27)24-11-10-19-6-8-20(23)9-7-19/h3-9H,10-16H2,1-2H3,(H,24,27). The van der Waals surface area contributed by atoms with E-state index < -0.39 is 0 Å². The number of rotatable bonds is 6. The number of carbonyl (C=O) groups is 1. The van der Waals surface area contributed by atoms with Crippen LogP contribution in [0.25, 0.3) is 0 Å². The molecule has 27 heavy (non-hydrogen) atoms. The maximum atomic E-state index is 12.9. The lowest BCUT2D eigenvalue weighted by molar-refractivity contribution is -0.122. The van der Waals surface area contributed by atoms with Crippen molar-refractivity contribution >= 4 is 11.6 Å². The van der Waals surface area contributed by atoms with Gasteiger partial charge in [0.25, 0.3) is 0 Å². The lowest BCUT2D eigenvalue weighted by Gasteiger charge is -2.36. The summed E-state index contributed by atoms with van der Waals surface area (Å²) >= 11 is 0. The van der Waals surface area contributed by atoms with E-state index in [-0.39, 0.29) is 11.7 Å². The third-order valence-corrected chi connectivity index (χ3v) is 5.31. The molecule has 0 bridgehead atoms. The molecule has 0 radical (unpaired) electrons. The average molecular weight is 369 g/mol. The highest BCUT2D eigenvalue weighted by Gasteiger charge is 2.20. The van der Waals surface area contributed by atoms with E-state index in [9.17, 15) is 9.18 Å². The molecule has 0 aliphatic carbocycles. The minimum atomic E-state index is -0.234. The van der Waals surface area contributed by atoms with Gasteiger partial charge in [-0.15, -0.1) is 0 Å². The number of aryl methyl sites for hydroxylation is 1. The first-order valence-corrected chi connectivity index (χ1v) is 9.57. The van der Waals surface area contributed by atoms with Crippen molar-refractivity contribution in [3.63, 3.8) is 0 Å². The van der Waals surface area contributed by atoms with Crippen LogP contribution >= 0.6 is 0 Å². The van der Waals surface area contributed by atoms with E-state index in [0.29, 0.717) is 19.5 Å². The van der Waals surface area contributed by atoms with Gasteiger partial charge in [0.15, 0.2) is 0 Å². The second kappa shape index (κ2) is 9.00. The van der Waals surface area contributed by atoms with E-state index in [1.807, 2.05) is 0 Å². The molecule has 1 aliphatic rings. The van der Waals surface area contributed by atoms with Crippen molar-refractivity contribution in [3.8, 4) is 0 Å². The number of hydrogen-bond donors (Lipinski definition) is 1. The molecular weight excluding hydrogens is 341 g/mol. The Balaban J connectivity index is 1.40. The molecule has 0 saturated carbocycles. The number of halogens is 1. The number of carbonyl (C=O) groups excluding carboxylic acids is 1. The predicted molar refractivity (Wildman–Crippen MR) is 108 cm³/mol. The van der Waals surface area contributed by atoms with Gasteiger partial charge in [-0.25, -0.2) is 4.39 Å². The molecule has 2 aromatic rings. The molecule has 1 N–H and O–H groups in total. The Bertz CT molecular complexity index is 768. The van der Waals surface area contributed by atoms with Gasteiger partial charge in [0, 0.05) is 38.4 Å². The van der Waals surface area contributed by atoms with Crippen LogP contribution in [0.3, 0.4) is 0 Å². The zero-order chi connectivity index (χ0) is 19.2. The van der Waals surface area contributed by atoms with Gasteiger partial charge in [-0.1, -0.05) is 24.3 Å². The molecule has 1 fully saturated rings. The molecular formula is C22H28FN3O. The van der Waals surface area contributed by atoms with Gasteiger partial charge >= 0.3 is 0 Å². The van der Waals surface area contributed by atoms with Gasteiger partial charge in [-0.3, -0.25) is 9.69 Å². The number of anilines is 1. The van der Waals surface area contributed by atoms with E-state index in [0.717, 1.165) is 31.7 Å². The van der Waals surface area contributed by atoms with Crippen molar-refractivity contribution in [1.29, 1.82) is 0 Å². The predicted octanol–water partition coefficient (Wildman–Crippen LogP) is 2.92. The van der Waals surface area contributed by atoms with Crippen molar-refractivity contribution in [1.82, 2.24) is 10.2 Å². The Labute approximate surface area is 161 Å². The summed E-state index contributed by atoms with van der Waals surface area (Å²) in [7, 11) is 0. The van der Waals surface area contributed by atoms with Crippen molar-refractivity contribution in [2.45, 2.75) is 20.3 Å². The van der Waals surface area contributed by atoms with Crippen LogP contribution in [0.2, 0.25) is 0 Å². The Hall–Kier alpha value is -2.40. The van der Waals surface area contributed by atoms with Crippen LogP contribution in [-0.4, -0.2) is 50.1 Å². The largest absolute Gasteiger partial charge is 0.369 e. The van der Waals surface area contributed by atoms with E-state index >= 15 is 0 Å². The molecule has 1 aliphatic heterocycles. The minimum Gasteiger partial charge on any atom is -0.369 e. The summed E-state index contributed by atoms with van der Waals surface area (Å²) in [4.78, 5) is 16.8. The molecule has 0 atom stereocenters. The normalized spacial score (nSPS) is 15.0. The SMILES string of the molecule is Cc1cccc(N2CCN(CC(=O)NCCc3ccc(F)cc3)CC2)c1C. The van der Waals surface area contributed by atoms with Crippen molar-refractivity contribution in [2.75, 3.05) is 44.2 Å². The third kappa shape index (κ3) is 5.30. The van der Waals surface area contributed by atoms with E-state index in [4.69, 9.17) is 0 Å². The van der Waals surface area contributed by atoms with E-state index in [1.165, 1.54) is 28.9 Å². The maximum Gasteiger partial charge on any atom is 0.234 e. The second-order valence-corrected chi connectivity index (χ2v) is 7.21. The average Bonchev–Trinajstić information content (AvgIpc) is 2.66. The van der Waals surface area contributed by atoms with Crippen molar-refractivity contribution in [3.05, 3.63) is 65.0 Å². The fraction of sp³-hybridized carbons (Fsp3) is 0.409. The number of piperazine rings is 1. The van der Waals surface area contributed by atoms with Gasteiger partial charge in [-0.05, 0) is 55.2 Å². The van der Waals surface area contributed by atoms with Gasteiger partial charge in [0.05, 0.1) is 6.54 Å². The summed E-state index contributed by atoms with van der Waals surface area (Å²) in [5, 5.41) is 2.96. The summed E-state index contributed by atoms with van der Waals surface area (Å²) in [5.74, 6) is -0.180. The highest BCUT2D eigenvalue weighted by atomic mass is 19.1. The van der Waals surface area contributed by atoms with Gasteiger partial charge in [-0.2, -0.15) is 0 Å². The Morgan fingerprint density at radius 2 is 1.74 bits per heavy atom. The third-order valence-electron chi connectivity index (χ3n) is 5.31. The first-order valence-electron chi connectivity index (χ1n) is 9.57. The number of amides is 1. The summed E-state index contributed by atoms with van der Waals surface area (Å²) < 4.78 is 12.9. The fourth-order valence-electron chi connectivity index (χ4n) is 3.48. The maximum absolute atomic E-state index is 12.9. The number of nitrogens with zero attached hydrogens (tertiary/aromatic N) is 2. The van der Waals surface area contributed by atoms with Crippen LogP contribution in [0.4, 0.5) is 10.1 Å². The highest BCUT2D eigenvalue weighted by Crippen LogP contribution is 2.23. The molecule has 0 spiro atoms. The molecule has 1 amide bonds. The van der Waals surface area contributed by atoms with E-state index in [2.05, 4.69) is 47.2 Å². The summed E-state index contributed by atoms with van der Waals surface area (Å²) in [6.07, 6.45) is 0.715. The molecule has 0 unspecified atom stereocenters. The smallest absolute Gasteiger partial charge is 0.234 e. The molecule has 4 nitrogen and oxygen atoms in total. The zero-order valence-electron chi connectivity index (χ0n) is 16.2. The van der Waals surface area contributed by atoms with E-state index in [1.54, 1.807) is 12.1 Å². The van der Waals surface area contributed by atoms with Crippen LogP contribution < -0.4 is 10.2 Å². The molecule has 1 heterocycles. The molecule has 0 aromatic heterocycles. The number of hydrogen-bond acceptors (Lipinski definition) is 3. The summed E-state index contributed by atoms with van der Waals surface area (Å²) in [5.41, 5.74) is 4.98. The zero-order valence-corrected chi connectivity index (χ0v) is 16.2. The van der Waals surface area contributed by atoms with Crippen molar-refractivity contribution in [2.24, 2.45) is 0 Å². The quantitative estimate of drug-likeness (QED) is 0.850. The first-order chi connectivity index (χ1) is 13.0. The van der Waals surface area contributed by atoms with Crippen LogP contribution in [-0.2, 0) is 11.2 Å². The number of benzene rings is 2. The van der Waals surface area contributed by atoms with Crippen LogP contribution in [0.1, 0.15) is 16.7 Å². The second-order valence-electron chi connectivity index (χ2n) is 7.21. The fourth-order valence-corrected chi connectivity index (χ4v) is 3.48. The van der Waals surface area contributed by atoms with Crippen LogP contribution in [0.5, 0.6) is 0 Å². The Morgan fingerprint density at radius 3 is 2.44 bits per heavy atom. The molecule has 1 saturated heterocycles. The number of nitrogens with one attached hydrogen (secondary N) is 1. The highest BCUT2D eigenvalue weighted by molar-refractivity contribution is 5.78. The molecule has 5 heteroatoms. The summed E-state index contributed by atoms with van der Waals surface area (Å²) in [6, 6.07) is 12.9. The van der Waals surface area contributed by atoms with Crippen LogP contribution in [0, 0.1) is 19.7 Å². The topological polar surface area (TPSA) is 35.6 Å². The first kappa shape index (κ1) is 19.4.